The Bertz CT molecular complexity index is 581. The van der Waals surface area contributed by atoms with Crippen LogP contribution in [0.5, 0.6) is 0 Å². The molecule has 2 rings (SSSR count). The molecule has 1 atom stereocenters. The van der Waals surface area contributed by atoms with Gasteiger partial charge in [-0.2, -0.15) is 5.10 Å². The summed E-state index contributed by atoms with van der Waals surface area (Å²) in [5.74, 6) is 0.908. The van der Waals surface area contributed by atoms with Gasteiger partial charge in [-0.15, -0.1) is 0 Å². The molecule has 1 N–H and O–H groups in total. The Balaban J connectivity index is 2.52. The Morgan fingerprint density at radius 2 is 2.00 bits per heavy atom. The summed E-state index contributed by atoms with van der Waals surface area (Å²) in [6.45, 7) is 4.59. The van der Waals surface area contributed by atoms with E-state index in [0.29, 0.717) is 6.61 Å². The fourth-order valence-electron chi connectivity index (χ4n) is 2.41. The Morgan fingerprint density at radius 3 is 2.57 bits per heavy atom. The molecule has 1 aromatic heterocycles. The second-order valence-corrected chi connectivity index (χ2v) is 5.21. The number of likely N-dealkylation sites (N-methyl/N-ethyl adjacent to an activating group) is 1. The van der Waals surface area contributed by atoms with Gasteiger partial charge in [-0.1, -0.05) is 18.2 Å². The lowest BCUT2D eigenvalue weighted by Gasteiger charge is -2.28. The Kier molecular flexibility index (Phi) is 4.98. The summed E-state index contributed by atoms with van der Waals surface area (Å²) in [6, 6.07) is 10.1. The Hall–Kier alpha value is -1.85. The minimum atomic E-state index is -0.0297. The van der Waals surface area contributed by atoms with Crippen molar-refractivity contribution in [2.45, 2.75) is 26.5 Å². The van der Waals surface area contributed by atoms with Crippen molar-refractivity contribution < 1.29 is 9.84 Å². The second-order valence-electron chi connectivity index (χ2n) is 5.21. The van der Waals surface area contributed by atoms with Crippen LogP contribution < -0.4 is 4.90 Å². The van der Waals surface area contributed by atoms with Crippen LogP contribution in [0.25, 0.3) is 5.69 Å². The Morgan fingerprint density at radius 1 is 1.33 bits per heavy atom. The van der Waals surface area contributed by atoms with E-state index in [2.05, 4.69) is 16.9 Å². The van der Waals surface area contributed by atoms with E-state index in [9.17, 15) is 5.11 Å². The average molecular weight is 289 g/mol. The predicted molar refractivity (Wildman–Crippen MR) is 84.0 cm³/mol. The smallest absolute Gasteiger partial charge is 0.138 e. The molecule has 0 saturated carbocycles. The van der Waals surface area contributed by atoms with Crippen molar-refractivity contribution in [1.82, 2.24) is 9.78 Å². The zero-order chi connectivity index (χ0) is 15.4. The molecule has 0 spiro atoms. The molecule has 0 aliphatic heterocycles. The third kappa shape index (κ3) is 3.09. The van der Waals surface area contributed by atoms with Gasteiger partial charge in [0.25, 0.3) is 0 Å². The summed E-state index contributed by atoms with van der Waals surface area (Å²) in [5.41, 5.74) is 2.67. The lowest BCUT2D eigenvalue weighted by molar-refractivity contribution is 0.182. The number of hydrogen-bond acceptors (Lipinski definition) is 4. The van der Waals surface area contributed by atoms with Gasteiger partial charge in [0.15, 0.2) is 0 Å². The van der Waals surface area contributed by atoms with Gasteiger partial charge in [0.05, 0.1) is 30.6 Å². The molecular weight excluding hydrogens is 266 g/mol. The van der Waals surface area contributed by atoms with E-state index in [4.69, 9.17) is 4.74 Å². The summed E-state index contributed by atoms with van der Waals surface area (Å²) in [6.07, 6.45) is 0. The zero-order valence-corrected chi connectivity index (χ0v) is 13.1. The van der Waals surface area contributed by atoms with E-state index in [0.717, 1.165) is 22.8 Å². The molecule has 1 unspecified atom stereocenters. The van der Waals surface area contributed by atoms with Crippen LogP contribution >= 0.6 is 0 Å². The molecule has 1 heterocycles. The average Bonchev–Trinajstić information content (AvgIpc) is 2.84. The maximum absolute atomic E-state index is 9.71. The number of rotatable bonds is 6. The number of nitrogens with zero attached hydrogens (tertiary/aromatic N) is 3. The van der Waals surface area contributed by atoms with Crippen LogP contribution in [-0.4, -0.2) is 41.7 Å². The number of hydrogen-bond donors (Lipinski definition) is 1. The van der Waals surface area contributed by atoms with Crippen LogP contribution in [0.1, 0.15) is 18.2 Å². The van der Waals surface area contributed by atoms with Crippen molar-refractivity contribution in [1.29, 1.82) is 0 Å². The number of aliphatic hydroxyl groups excluding tert-OH is 1. The van der Waals surface area contributed by atoms with Crippen LogP contribution in [0.3, 0.4) is 0 Å². The molecule has 5 heteroatoms. The molecular formula is C16H23N3O2. The topological polar surface area (TPSA) is 50.5 Å². The number of aromatic nitrogens is 2. The van der Waals surface area contributed by atoms with Crippen molar-refractivity contribution in [3.05, 3.63) is 41.6 Å². The van der Waals surface area contributed by atoms with Gasteiger partial charge in [-0.05, 0) is 26.0 Å². The van der Waals surface area contributed by atoms with Gasteiger partial charge in [-0.3, -0.25) is 0 Å². The quantitative estimate of drug-likeness (QED) is 0.885. The molecule has 5 nitrogen and oxygen atoms in total. The van der Waals surface area contributed by atoms with Crippen molar-refractivity contribution in [3.63, 3.8) is 0 Å². The third-order valence-electron chi connectivity index (χ3n) is 3.72. The highest BCUT2D eigenvalue weighted by atomic mass is 16.5. The van der Waals surface area contributed by atoms with E-state index in [1.165, 1.54) is 0 Å². The molecule has 0 bridgehead atoms. The number of para-hydroxylation sites is 1. The van der Waals surface area contributed by atoms with Crippen LogP contribution in [0, 0.1) is 6.92 Å². The number of benzene rings is 1. The number of methoxy groups -OCH3 is 1. The lowest BCUT2D eigenvalue weighted by atomic mass is 10.2. The van der Waals surface area contributed by atoms with Crippen LogP contribution in [0.4, 0.5) is 5.82 Å². The molecule has 1 aromatic carbocycles. The standard InChI is InChI=1S/C16H23N3O2/c1-12(11-21-4)18(3)16-15(10-20)13(2)17-19(16)14-8-6-5-7-9-14/h5-9,12,20H,10-11H2,1-4H3. The maximum Gasteiger partial charge on any atom is 0.138 e. The molecule has 114 valence electrons. The first-order valence-corrected chi connectivity index (χ1v) is 7.06. The first-order valence-electron chi connectivity index (χ1n) is 7.06. The molecule has 0 fully saturated rings. The lowest BCUT2D eigenvalue weighted by Crippen LogP contribution is -2.34. The van der Waals surface area contributed by atoms with Gasteiger partial charge in [-0.25, -0.2) is 4.68 Å². The summed E-state index contributed by atoms with van der Waals surface area (Å²) >= 11 is 0. The minimum absolute atomic E-state index is 0.0297. The summed E-state index contributed by atoms with van der Waals surface area (Å²) in [7, 11) is 3.69. The van der Waals surface area contributed by atoms with Crippen LogP contribution in [0.15, 0.2) is 30.3 Å². The van der Waals surface area contributed by atoms with Crippen molar-refractivity contribution in [3.8, 4) is 5.69 Å². The van der Waals surface area contributed by atoms with Gasteiger partial charge >= 0.3 is 0 Å². The van der Waals surface area contributed by atoms with Crippen molar-refractivity contribution >= 4 is 5.82 Å². The van der Waals surface area contributed by atoms with Crippen molar-refractivity contribution in [2.24, 2.45) is 0 Å². The van der Waals surface area contributed by atoms with E-state index >= 15 is 0 Å². The zero-order valence-electron chi connectivity index (χ0n) is 13.1. The molecule has 2 aromatic rings. The largest absolute Gasteiger partial charge is 0.391 e. The van der Waals surface area contributed by atoms with Gasteiger partial charge in [0.1, 0.15) is 5.82 Å². The normalized spacial score (nSPS) is 12.4. The third-order valence-corrected chi connectivity index (χ3v) is 3.72. The van der Waals surface area contributed by atoms with Crippen LogP contribution in [0.2, 0.25) is 0 Å². The Labute approximate surface area is 125 Å². The van der Waals surface area contributed by atoms with E-state index in [-0.39, 0.29) is 12.6 Å². The summed E-state index contributed by atoms with van der Waals surface area (Å²) < 4.78 is 7.12. The van der Waals surface area contributed by atoms with E-state index < -0.39 is 0 Å². The minimum Gasteiger partial charge on any atom is -0.391 e. The van der Waals surface area contributed by atoms with Crippen LogP contribution in [-0.2, 0) is 11.3 Å². The predicted octanol–water partition coefficient (Wildman–Crippen LogP) is 2.14. The molecule has 0 aliphatic rings. The highest BCUT2D eigenvalue weighted by Gasteiger charge is 2.22. The number of aryl methyl sites for hydroxylation is 1. The fourth-order valence-corrected chi connectivity index (χ4v) is 2.41. The number of ether oxygens (including phenoxy) is 1. The fraction of sp³-hybridized carbons (Fsp3) is 0.438. The highest BCUT2D eigenvalue weighted by molar-refractivity contribution is 5.55. The second kappa shape index (κ2) is 6.74. The van der Waals surface area contributed by atoms with Gasteiger partial charge < -0.3 is 14.7 Å². The van der Waals surface area contributed by atoms with Gasteiger partial charge in [0.2, 0.25) is 0 Å². The molecule has 0 radical (unpaired) electrons. The number of aliphatic hydroxyl groups is 1. The number of anilines is 1. The van der Waals surface area contributed by atoms with Gasteiger partial charge in [0, 0.05) is 19.7 Å². The van der Waals surface area contributed by atoms with E-state index in [1.807, 2.05) is 49.0 Å². The molecule has 0 aliphatic carbocycles. The monoisotopic (exact) mass is 289 g/mol. The van der Waals surface area contributed by atoms with E-state index in [1.54, 1.807) is 7.11 Å². The molecule has 0 amide bonds. The first-order chi connectivity index (χ1) is 10.1. The summed E-state index contributed by atoms with van der Waals surface area (Å²) in [5, 5.41) is 14.3. The highest BCUT2D eigenvalue weighted by Crippen LogP contribution is 2.27. The SMILES string of the molecule is COCC(C)N(C)c1c(CO)c(C)nn1-c1ccccc1. The summed E-state index contributed by atoms with van der Waals surface area (Å²) in [4.78, 5) is 2.10. The first kappa shape index (κ1) is 15.5. The van der Waals surface area contributed by atoms with Crippen molar-refractivity contribution in [2.75, 3.05) is 25.7 Å². The maximum atomic E-state index is 9.71. The molecule has 0 saturated heterocycles. The molecule has 21 heavy (non-hydrogen) atoms.